The number of hydrogen-bond donors (Lipinski definition) is 1. The van der Waals surface area contributed by atoms with Gasteiger partial charge in [0.15, 0.2) is 0 Å². The van der Waals surface area contributed by atoms with Crippen LogP contribution in [0.5, 0.6) is 5.75 Å². The summed E-state index contributed by atoms with van der Waals surface area (Å²) in [4.78, 5) is 11.8. The molecule has 0 saturated heterocycles. The van der Waals surface area contributed by atoms with Crippen LogP contribution in [0.4, 0.5) is 0 Å². The van der Waals surface area contributed by atoms with Gasteiger partial charge in [0.05, 0.1) is 6.61 Å². The maximum absolute atomic E-state index is 11.8. The molecule has 1 N–H and O–H groups in total. The number of benzene rings is 2. The summed E-state index contributed by atoms with van der Waals surface area (Å²) in [6.07, 6.45) is 5.22. The van der Waals surface area contributed by atoms with Crippen molar-refractivity contribution in [3.8, 4) is 5.75 Å². The molecule has 112 valence electrons. The molecule has 0 radical (unpaired) electrons. The number of fused-ring (bicyclic) bond motifs is 1. The highest BCUT2D eigenvalue weighted by Gasteiger charge is 2.10. The first kappa shape index (κ1) is 14.4. The van der Waals surface area contributed by atoms with Crippen molar-refractivity contribution in [2.24, 2.45) is 0 Å². The van der Waals surface area contributed by atoms with Crippen LogP contribution in [0, 0.1) is 0 Å². The summed E-state index contributed by atoms with van der Waals surface area (Å²) in [5, 5.41) is 2.90. The number of rotatable bonds is 5. The van der Waals surface area contributed by atoms with E-state index >= 15 is 0 Å². The van der Waals surface area contributed by atoms with E-state index < -0.39 is 0 Å². The molecule has 0 fully saturated rings. The van der Waals surface area contributed by atoms with Gasteiger partial charge in [-0.2, -0.15) is 0 Å². The molecule has 3 heteroatoms. The molecule has 0 saturated carbocycles. The van der Waals surface area contributed by atoms with Crippen LogP contribution in [-0.4, -0.2) is 19.1 Å². The fourth-order valence-corrected chi connectivity index (χ4v) is 2.52. The van der Waals surface area contributed by atoms with Crippen molar-refractivity contribution in [1.29, 1.82) is 0 Å². The van der Waals surface area contributed by atoms with Gasteiger partial charge in [-0.25, -0.2) is 0 Å². The zero-order valence-electron chi connectivity index (χ0n) is 12.4. The topological polar surface area (TPSA) is 38.3 Å². The van der Waals surface area contributed by atoms with Gasteiger partial charge in [0.1, 0.15) is 5.75 Å². The average molecular weight is 293 g/mol. The third kappa shape index (κ3) is 3.76. The Kier molecular flexibility index (Phi) is 4.54. The molecule has 0 aliphatic carbocycles. The fraction of sp³-hybridized carbons (Fsp3) is 0.211. The second-order valence-corrected chi connectivity index (χ2v) is 5.33. The van der Waals surface area contributed by atoms with Crippen LogP contribution in [0.2, 0.25) is 0 Å². The Balaban J connectivity index is 1.49. The average Bonchev–Trinajstić information content (AvgIpc) is 3.01. The van der Waals surface area contributed by atoms with Crippen LogP contribution in [-0.2, 0) is 17.6 Å². The molecule has 22 heavy (non-hydrogen) atoms. The maximum Gasteiger partial charge on any atom is 0.244 e. The zero-order chi connectivity index (χ0) is 15.2. The van der Waals surface area contributed by atoms with Crippen molar-refractivity contribution in [3.63, 3.8) is 0 Å². The highest BCUT2D eigenvalue weighted by Crippen LogP contribution is 2.26. The zero-order valence-corrected chi connectivity index (χ0v) is 12.4. The van der Waals surface area contributed by atoms with Crippen LogP contribution in [0.3, 0.4) is 0 Å². The number of hydrogen-bond acceptors (Lipinski definition) is 2. The molecule has 2 aromatic carbocycles. The number of ether oxygens (including phenoxy) is 1. The quantitative estimate of drug-likeness (QED) is 0.861. The summed E-state index contributed by atoms with van der Waals surface area (Å²) in [6.45, 7) is 1.40. The second kappa shape index (κ2) is 6.94. The van der Waals surface area contributed by atoms with E-state index in [1.807, 2.05) is 36.4 Å². The molecule has 3 nitrogen and oxygen atoms in total. The molecule has 0 atom stereocenters. The summed E-state index contributed by atoms with van der Waals surface area (Å²) < 4.78 is 5.47. The lowest BCUT2D eigenvalue weighted by atomic mass is 10.1. The van der Waals surface area contributed by atoms with Crippen LogP contribution in [0.15, 0.2) is 54.6 Å². The first-order valence-corrected chi connectivity index (χ1v) is 7.57. The predicted molar refractivity (Wildman–Crippen MR) is 87.8 cm³/mol. The molecule has 0 spiro atoms. The van der Waals surface area contributed by atoms with E-state index in [2.05, 4.69) is 23.5 Å². The van der Waals surface area contributed by atoms with Crippen molar-refractivity contribution >= 4 is 12.0 Å². The normalized spacial score (nSPS) is 12.9. The minimum atomic E-state index is -0.0623. The Morgan fingerprint density at radius 1 is 1.18 bits per heavy atom. The lowest BCUT2D eigenvalue weighted by Crippen LogP contribution is -2.23. The van der Waals surface area contributed by atoms with Gasteiger partial charge in [-0.05, 0) is 41.3 Å². The first-order chi connectivity index (χ1) is 10.8. The molecule has 1 heterocycles. The molecule has 3 rings (SSSR count). The standard InChI is InChI=1S/C19H19NO2/c21-19(20-12-10-15-4-2-1-3-5-15)9-7-16-6-8-18-17(14-16)11-13-22-18/h1-9,14H,10-13H2,(H,20,21)/b9-7+. The van der Waals surface area contributed by atoms with E-state index in [0.717, 1.165) is 30.8 Å². The summed E-state index contributed by atoms with van der Waals surface area (Å²) in [6, 6.07) is 16.2. The van der Waals surface area contributed by atoms with E-state index in [-0.39, 0.29) is 5.91 Å². The first-order valence-electron chi connectivity index (χ1n) is 7.57. The van der Waals surface area contributed by atoms with Gasteiger partial charge in [0.2, 0.25) is 5.91 Å². The number of nitrogens with one attached hydrogen (secondary N) is 1. The van der Waals surface area contributed by atoms with Crippen molar-refractivity contribution < 1.29 is 9.53 Å². The molecule has 0 bridgehead atoms. The Labute approximate surface area is 130 Å². The van der Waals surface area contributed by atoms with Gasteiger partial charge >= 0.3 is 0 Å². The van der Waals surface area contributed by atoms with Crippen LogP contribution >= 0.6 is 0 Å². The van der Waals surface area contributed by atoms with E-state index in [4.69, 9.17) is 4.74 Å². The predicted octanol–water partition coefficient (Wildman–Crippen LogP) is 2.99. The molecular weight excluding hydrogens is 274 g/mol. The van der Waals surface area contributed by atoms with E-state index in [0.29, 0.717) is 6.54 Å². The summed E-state index contributed by atoms with van der Waals surface area (Å²) in [5.74, 6) is 0.900. The minimum absolute atomic E-state index is 0.0623. The largest absolute Gasteiger partial charge is 0.493 e. The third-order valence-corrected chi connectivity index (χ3v) is 3.70. The Hall–Kier alpha value is -2.55. The van der Waals surface area contributed by atoms with E-state index in [1.165, 1.54) is 11.1 Å². The van der Waals surface area contributed by atoms with E-state index in [1.54, 1.807) is 6.08 Å². The monoisotopic (exact) mass is 293 g/mol. The minimum Gasteiger partial charge on any atom is -0.493 e. The summed E-state index contributed by atoms with van der Waals surface area (Å²) in [5.41, 5.74) is 3.47. The molecule has 2 aromatic rings. The number of carbonyl (C=O) groups is 1. The molecule has 0 unspecified atom stereocenters. The van der Waals surface area contributed by atoms with Crippen LogP contribution < -0.4 is 10.1 Å². The Bertz CT molecular complexity index is 677. The molecular formula is C19H19NO2. The van der Waals surface area contributed by atoms with Gasteiger partial charge in [-0.15, -0.1) is 0 Å². The van der Waals surface area contributed by atoms with Gasteiger partial charge in [0.25, 0.3) is 0 Å². The third-order valence-electron chi connectivity index (χ3n) is 3.70. The van der Waals surface area contributed by atoms with Gasteiger partial charge in [-0.1, -0.05) is 36.4 Å². The van der Waals surface area contributed by atoms with Gasteiger partial charge in [0, 0.05) is 19.0 Å². The number of amides is 1. The van der Waals surface area contributed by atoms with Gasteiger partial charge in [-0.3, -0.25) is 4.79 Å². The fourth-order valence-electron chi connectivity index (χ4n) is 2.52. The molecule has 1 aliphatic heterocycles. The lowest BCUT2D eigenvalue weighted by molar-refractivity contribution is -0.116. The number of carbonyl (C=O) groups excluding carboxylic acids is 1. The second-order valence-electron chi connectivity index (χ2n) is 5.33. The van der Waals surface area contributed by atoms with E-state index in [9.17, 15) is 4.79 Å². The van der Waals surface area contributed by atoms with Crippen molar-refractivity contribution in [2.75, 3.05) is 13.2 Å². The molecule has 1 amide bonds. The Morgan fingerprint density at radius 2 is 2.05 bits per heavy atom. The maximum atomic E-state index is 11.8. The van der Waals surface area contributed by atoms with Crippen LogP contribution in [0.25, 0.3) is 6.08 Å². The highest BCUT2D eigenvalue weighted by atomic mass is 16.5. The van der Waals surface area contributed by atoms with Gasteiger partial charge < -0.3 is 10.1 Å². The highest BCUT2D eigenvalue weighted by molar-refractivity contribution is 5.91. The summed E-state index contributed by atoms with van der Waals surface area (Å²) in [7, 11) is 0. The van der Waals surface area contributed by atoms with Crippen LogP contribution in [0.1, 0.15) is 16.7 Å². The Morgan fingerprint density at radius 3 is 2.91 bits per heavy atom. The molecule has 1 aliphatic rings. The molecule has 0 aromatic heterocycles. The summed E-state index contributed by atoms with van der Waals surface area (Å²) >= 11 is 0. The lowest BCUT2D eigenvalue weighted by Gasteiger charge is -2.03. The SMILES string of the molecule is O=C(/C=C/c1ccc2c(c1)CCO2)NCCc1ccccc1. The van der Waals surface area contributed by atoms with Crippen molar-refractivity contribution in [3.05, 3.63) is 71.3 Å². The smallest absolute Gasteiger partial charge is 0.244 e. The van der Waals surface area contributed by atoms with Crippen molar-refractivity contribution in [2.45, 2.75) is 12.8 Å². The van der Waals surface area contributed by atoms with Crippen molar-refractivity contribution in [1.82, 2.24) is 5.32 Å².